The first kappa shape index (κ1) is 22.4. The molecule has 32 heavy (non-hydrogen) atoms. The van der Waals surface area contributed by atoms with Gasteiger partial charge in [0, 0.05) is 48.4 Å². The maximum absolute atomic E-state index is 13.0. The highest BCUT2D eigenvalue weighted by molar-refractivity contribution is 7.89. The fraction of sp³-hybridized carbons (Fsp3) is 0.333. The van der Waals surface area contributed by atoms with Crippen molar-refractivity contribution < 1.29 is 22.7 Å². The normalized spacial score (nSPS) is 15.8. The van der Waals surface area contributed by atoms with Crippen LogP contribution < -0.4 is 0 Å². The number of carbonyl (C=O) groups excluding carboxylic acids is 2. The lowest BCUT2D eigenvalue weighted by Crippen LogP contribution is -2.38. The Morgan fingerprint density at radius 3 is 2.44 bits per heavy atom. The Hall–Kier alpha value is -2.81. The second-order valence-electron chi connectivity index (χ2n) is 7.86. The van der Waals surface area contributed by atoms with Gasteiger partial charge in [0.05, 0.1) is 10.4 Å². The van der Waals surface area contributed by atoms with Crippen LogP contribution in [0.25, 0.3) is 16.6 Å². The third-order valence-electron chi connectivity index (χ3n) is 5.89. The van der Waals surface area contributed by atoms with Gasteiger partial charge in [0.15, 0.2) is 5.78 Å². The van der Waals surface area contributed by atoms with Gasteiger partial charge in [-0.05, 0) is 50.1 Å². The molecule has 0 unspecified atom stereocenters. The van der Waals surface area contributed by atoms with E-state index in [-0.39, 0.29) is 23.2 Å². The molecule has 0 atom stereocenters. The summed E-state index contributed by atoms with van der Waals surface area (Å²) in [5.74, 6) is -0.162. The van der Waals surface area contributed by atoms with E-state index in [4.69, 9.17) is 4.74 Å². The quantitative estimate of drug-likeness (QED) is 0.384. The van der Waals surface area contributed by atoms with Gasteiger partial charge in [-0.15, -0.1) is 0 Å². The van der Waals surface area contributed by atoms with Crippen LogP contribution in [0.15, 0.2) is 59.6 Å². The monoisotopic (exact) mass is 454 g/mol. The number of hydrogen-bond donors (Lipinski definition) is 0. The molecular formula is C24H26N2O5S. The zero-order chi connectivity index (χ0) is 22.7. The van der Waals surface area contributed by atoms with E-state index in [0.717, 1.165) is 22.9 Å². The molecule has 0 spiro atoms. The van der Waals surface area contributed by atoms with E-state index in [1.807, 2.05) is 35.8 Å². The van der Waals surface area contributed by atoms with Gasteiger partial charge in [-0.2, -0.15) is 4.31 Å². The number of aromatic nitrogens is 1. The van der Waals surface area contributed by atoms with Gasteiger partial charge in [-0.1, -0.05) is 18.2 Å². The summed E-state index contributed by atoms with van der Waals surface area (Å²) in [6.07, 6.45) is 3.79. The summed E-state index contributed by atoms with van der Waals surface area (Å²) in [5.41, 5.74) is 2.19. The van der Waals surface area contributed by atoms with Gasteiger partial charge in [0.2, 0.25) is 10.0 Å². The number of piperidine rings is 1. The highest BCUT2D eigenvalue weighted by Gasteiger charge is 2.29. The van der Waals surface area contributed by atoms with Crippen LogP contribution >= 0.6 is 0 Å². The Morgan fingerprint density at radius 1 is 1.09 bits per heavy atom. The smallest absolute Gasteiger partial charge is 0.243 e. The Balaban J connectivity index is 1.63. The zero-order valence-corrected chi connectivity index (χ0v) is 18.8. The predicted molar refractivity (Wildman–Crippen MR) is 122 cm³/mol. The van der Waals surface area contributed by atoms with Gasteiger partial charge in [0.25, 0.3) is 0 Å². The minimum atomic E-state index is -3.62. The number of hydrogen-bond acceptors (Lipinski definition) is 5. The molecule has 1 aliphatic rings. The van der Waals surface area contributed by atoms with E-state index in [0.29, 0.717) is 38.1 Å². The van der Waals surface area contributed by atoms with Crippen LogP contribution in [0.2, 0.25) is 0 Å². The van der Waals surface area contributed by atoms with Crippen molar-refractivity contribution in [3.8, 4) is 5.69 Å². The molecule has 2 aromatic carbocycles. The average molecular weight is 455 g/mol. The van der Waals surface area contributed by atoms with Crippen LogP contribution in [-0.4, -0.2) is 55.7 Å². The molecule has 0 bridgehead atoms. The summed E-state index contributed by atoms with van der Waals surface area (Å²) in [6, 6.07) is 14.3. The van der Waals surface area contributed by atoms with Crippen LogP contribution in [0.3, 0.4) is 0 Å². The van der Waals surface area contributed by atoms with Gasteiger partial charge in [0.1, 0.15) is 12.9 Å². The third-order valence-corrected chi connectivity index (χ3v) is 7.81. The number of ether oxygens (including phenoxy) is 1. The van der Waals surface area contributed by atoms with Crippen molar-refractivity contribution in [1.29, 1.82) is 0 Å². The Morgan fingerprint density at radius 2 is 1.78 bits per heavy atom. The number of rotatable bonds is 8. The number of benzene rings is 2. The Bertz CT molecular complexity index is 1220. The van der Waals surface area contributed by atoms with E-state index >= 15 is 0 Å². The summed E-state index contributed by atoms with van der Waals surface area (Å²) in [7, 11) is -3.62. The van der Waals surface area contributed by atoms with Gasteiger partial charge in [-0.3, -0.25) is 4.79 Å². The third kappa shape index (κ3) is 4.26. The Kier molecular flexibility index (Phi) is 6.55. The molecule has 0 amide bonds. The van der Waals surface area contributed by atoms with E-state index in [9.17, 15) is 18.0 Å². The molecule has 8 heteroatoms. The number of carbonyl (C=O) groups is 2. The van der Waals surface area contributed by atoms with Gasteiger partial charge >= 0.3 is 0 Å². The van der Waals surface area contributed by atoms with Crippen LogP contribution in [0.5, 0.6) is 0 Å². The fourth-order valence-corrected chi connectivity index (χ4v) is 5.54. The molecule has 7 nitrogen and oxygen atoms in total. The maximum atomic E-state index is 13.0. The molecule has 1 fully saturated rings. The molecule has 4 rings (SSSR count). The molecule has 0 radical (unpaired) electrons. The summed E-state index contributed by atoms with van der Waals surface area (Å²) in [4.78, 5) is 23.8. The first-order valence-corrected chi connectivity index (χ1v) is 12.2. The van der Waals surface area contributed by atoms with Crippen LogP contribution in [0.4, 0.5) is 0 Å². The fourth-order valence-electron chi connectivity index (χ4n) is 4.07. The molecular weight excluding hydrogens is 428 g/mol. The number of aldehydes is 1. The van der Waals surface area contributed by atoms with Crippen molar-refractivity contribution in [3.63, 3.8) is 0 Å². The van der Waals surface area contributed by atoms with Crippen LogP contribution in [0, 0.1) is 5.92 Å². The van der Waals surface area contributed by atoms with Crippen molar-refractivity contribution in [2.24, 2.45) is 5.92 Å². The average Bonchev–Trinajstić information content (AvgIpc) is 3.22. The van der Waals surface area contributed by atoms with Crippen molar-refractivity contribution in [2.75, 3.05) is 26.3 Å². The minimum Gasteiger partial charge on any atom is -0.374 e. The zero-order valence-electron chi connectivity index (χ0n) is 17.9. The van der Waals surface area contributed by atoms with E-state index in [1.54, 1.807) is 30.5 Å². The molecule has 3 aromatic rings. The molecule has 0 saturated carbocycles. The van der Waals surface area contributed by atoms with Crippen LogP contribution in [-0.2, 0) is 19.6 Å². The SMILES string of the molecule is CCOCC(=O)c1cn(-c2ccc(S(=O)(=O)N3CCC(C=O)CC3)cc2)c2ccccc12. The first-order chi connectivity index (χ1) is 15.5. The van der Waals surface area contributed by atoms with Crippen molar-refractivity contribution in [2.45, 2.75) is 24.7 Å². The molecule has 2 heterocycles. The number of para-hydroxylation sites is 1. The molecule has 1 aromatic heterocycles. The summed E-state index contributed by atoms with van der Waals surface area (Å²) < 4.78 is 34.6. The summed E-state index contributed by atoms with van der Waals surface area (Å²) in [6.45, 7) is 3.02. The van der Waals surface area contributed by atoms with E-state index in [2.05, 4.69) is 0 Å². The molecule has 0 N–H and O–H groups in total. The number of Topliss-reactive ketones (excluding diaryl/α,β-unsaturated/α-hetero) is 1. The molecule has 1 saturated heterocycles. The highest BCUT2D eigenvalue weighted by atomic mass is 32.2. The maximum Gasteiger partial charge on any atom is 0.243 e. The Labute approximate surface area is 187 Å². The van der Waals surface area contributed by atoms with Gasteiger partial charge in [-0.25, -0.2) is 8.42 Å². The number of fused-ring (bicyclic) bond motifs is 1. The molecule has 1 aliphatic heterocycles. The number of sulfonamides is 1. The highest BCUT2D eigenvalue weighted by Crippen LogP contribution is 2.27. The summed E-state index contributed by atoms with van der Waals surface area (Å²) >= 11 is 0. The van der Waals surface area contributed by atoms with E-state index < -0.39 is 10.0 Å². The van der Waals surface area contributed by atoms with Crippen molar-refractivity contribution in [1.82, 2.24) is 8.87 Å². The lowest BCUT2D eigenvalue weighted by atomic mass is 10.0. The second kappa shape index (κ2) is 9.36. The molecule has 0 aliphatic carbocycles. The molecule has 168 valence electrons. The van der Waals surface area contributed by atoms with Gasteiger partial charge < -0.3 is 14.1 Å². The standard InChI is InChI=1S/C24H26N2O5S/c1-2-31-17-24(28)22-15-26(23-6-4-3-5-21(22)23)19-7-9-20(10-8-19)32(29,30)25-13-11-18(16-27)12-14-25/h3-10,15-16,18H,2,11-14,17H2,1H3. The van der Waals surface area contributed by atoms with Crippen molar-refractivity contribution in [3.05, 3.63) is 60.3 Å². The number of nitrogens with zero attached hydrogens (tertiary/aromatic N) is 2. The summed E-state index contributed by atoms with van der Waals surface area (Å²) in [5, 5.41) is 0.826. The number of ketones is 1. The van der Waals surface area contributed by atoms with Crippen LogP contribution in [0.1, 0.15) is 30.1 Å². The van der Waals surface area contributed by atoms with E-state index in [1.165, 1.54) is 4.31 Å². The lowest BCUT2D eigenvalue weighted by Gasteiger charge is -2.28. The van der Waals surface area contributed by atoms with Crippen molar-refractivity contribution >= 4 is 33.0 Å². The topological polar surface area (TPSA) is 85.7 Å². The lowest BCUT2D eigenvalue weighted by molar-refractivity contribution is -0.112. The predicted octanol–water partition coefficient (Wildman–Crippen LogP) is 3.45. The second-order valence-corrected chi connectivity index (χ2v) is 9.80. The largest absolute Gasteiger partial charge is 0.374 e. The minimum absolute atomic E-state index is 0.0164. The first-order valence-electron chi connectivity index (χ1n) is 10.7.